The standard InChI is InChI=1S/C11H15NO5S/c1-17-11(14)10(7-13)12-8-3-5-9(6-4-8)18(2,15)16/h3-6,10,12-13H,7H2,1-2H3/t10-/m0/s1. The normalized spacial score (nSPS) is 12.8. The van der Waals surface area contributed by atoms with Crippen molar-refractivity contribution in [2.24, 2.45) is 0 Å². The van der Waals surface area contributed by atoms with Crippen molar-refractivity contribution in [1.82, 2.24) is 0 Å². The molecule has 1 aromatic carbocycles. The van der Waals surface area contributed by atoms with Crippen molar-refractivity contribution in [3.05, 3.63) is 24.3 Å². The average molecular weight is 273 g/mol. The van der Waals surface area contributed by atoms with E-state index < -0.39 is 28.5 Å². The van der Waals surface area contributed by atoms with Gasteiger partial charge in [0.1, 0.15) is 6.04 Å². The molecule has 0 saturated carbocycles. The number of aliphatic hydroxyl groups excluding tert-OH is 1. The van der Waals surface area contributed by atoms with E-state index in [1.807, 2.05) is 0 Å². The summed E-state index contributed by atoms with van der Waals surface area (Å²) in [4.78, 5) is 11.4. The van der Waals surface area contributed by atoms with Gasteiger partial charge >= 0.3 is 5.97 Å². The number of ether oxygens (including phenoxy) is 1. The van der Waals surface area contributed by atoms with E-state index in [2.05, 4.69) is 10.1 Å². The van der Waals surface area contributed by atoms with Crippen LogP contribution in [0.5, 0.6) is 0 Å². The summed E-state index contributed by atoms with van der Waals surface area (Å²) in [7, 11) is -2.02. The Hall–Kier alpha value is -1.60. The second-order valence-electron chi connectivity index (χ2n) is 3.70. The molecule has 0 fully saturated rings. The van der Waals surface area contributed by atoms with Gasteiger partial charge in [0, 0.05) is 11.9 Å². The van der Waals surface area contributed by atoms with Gasteiger partial charge in [-0.15, -0.1) is 0 Å². The van der Waals surface area contributed by atoms with Crippen molar-refractivity contribution in [2.45, 2.75) is 10.9 Å². The van der Waals surface area contributed by atoms with Gasteiger partial charge in [0.15, 0.2) is 9.84 Å². The molecule has 0 heterocycles. The Bertz CT molecular complexity index is 509. The maximum atomic E-state index is 11.2. The van der Waals surface area contributed by atoms with Gasteiger partial charge < -0.3 is 15.2 Å². The predicted molar refractivity (Wildman–Crippen MR) is 66.1 cm³/mol. The van der Waals surface area contributed by atoms with Crippen LogP contribution < -0.4 is 5.32 Å². The van der Waals surface area contributed by atoms with Gasteiger partial charge in [-0.1, -0.05) is 0 Å². The summed E-state index contributed by atoms with van der Waals surface area (Å²) in [6.07, 6.45) is 1.11. The number of benzene rings is 1. The Balaban J connectivity index is 2.83. The molecule has 0 aliphatic rings. The van der Waals surface area contributed by atoms with Gasteiger partial charge in [-0.3, -0.25) is 0 Å². The summed E-state index contributed by atoms with van der Waals surface area (Å²) in [6, 6.07) is 5.00. The van der Waals surface area contributed by atoms with Crippen molar-refractivity contribution < 1.29 is 23.1 Å². The molecule has 0 radical (unpaired) electrons. The summed E-state index contributed by atoms with van der Waals surface area (Å²) in [5.41, 5.74) is 0.520. The van der Waals surface area contributed by atoms with Gasteiger partial charge in [0.05, 0.1) is 18.6 Å². The molecule has 2 N–H and O–H groups in total. The average Bonchev–Trinajstić information content (AvgIpc) is 2.34. The summed E-state index contributed by atoms with van der Waals surface area (Å²) < 4.78 is 27.0. The van der Waals surface area contributed by atoms with Gasteiger partial charge in [-0.2, -0.15) is 0 Å². The molecule has 7 heteroatoms. The van der Waals surface area contributed by atoms with Crippen LogP contribution in [0.2, 0.25) is 0 Å². The lowest BCUT2D eigenvalue weighted by molar-refractivity contribution is -0.142. The van der Waals surface area contributed by atoms with Crippen molar-refractivity contribution >= 4 is 21.5 Å². The lowest BCUT2D eigenvalue weighted by atomic mass is 10.2. The highest BCUT2D eigenvalue weighted by Gasteiger charge is 2.17. The monoisotopic (exact) mass is 273 g/mol. The third kappa shape index (κ3) is 3.71. The zero-order chi connectivity index (χ0) is 13.8. The number of sulfone groups is 1. The Kier molecular flexibility index (Phi) is 4.69. The van der Waals surface area contributed by atoms with Gasteiger partial charge in [0.2, 0.25) is 0 Å². The molecule has 1 atom stereocenters. The number of hydrogen-bond donors (Lipinski definition) is 2. The Morgan fingerprint density at radius 2 is 1.94 bits per heavy atom. The van der Waals surface area contributed by atoms with E-state index in [1.54, 1.807) is 0 Å². The van der Waals surface area contributed by atoms with Crippen LogP contribution in [0, 0.1) is 0 Å². The van der Waals surface area contributed by atoms with Crippen molar-refractivity contribution in [3.8, 4) is 0 Å². The molecule has 0 saturated heterocycles. The Labute approximate surface area is 106 Å². The molecule has 18 heavy (non-hydrogen) atoms. The summed E-state index contributed by atoms with van der Waals surface area (Å²) in [6.45, 7) is -0.416. The molecule has 0 spiro atoms. The highest BCUT2D eigenvalue weighted by molar-refractivity contribution is 7.90. The number of methoxy groups -OCH3 is 1. The minimum Gasteiger partial charge on any atom is -0.467 e. The van der Waals surface area contributed by atoms with E-state index in [-0.39, 0.29) is 4.90 Å². The Morgan fingerprint density at radius 1 is 1.39 bits per heavy atom. The number of carbonyl (C=O) groups excluding carboxylic acids is 1. The third-order valence-corrected chi connectivity index (χ3v) is 3.42. The lowest BCUT2D eigenvalue weighted by Gasteiger charge is -2.15. The molecule has 100 valence electrons. The first-order valence-electron chi connectivity index (χ1n) is 5.14. The zero-order valence-corrected chi connectivity index (χ0v) is 10.9. The minimum atomic E-state index is -3.24. The van der Waals surface area contributed by atoms with Crippen molar-refractivity contribution in [3.63, 3.8) is 0 Å². The molecule has 0 aliphatic carbocycles. The van der Waals surface area contributed by atoms with E-state index in [0.29, 0.717) is 5.69 Å². The molecule has 0 aromatic heterocycles. The summed E-state index contributed by atoms with van der Waals surface area (Å²) >= 11 is 0. The number of aliphatic hydroxyl groups is 1. The minimum absolute atomic E-state index is 0.187. The van der Waals surface area contributed by atoms with Crippen LogP contribution in [0.1, 0.15) is 0 Å². The number of nitrogens with one attached hydrogen (secondary N) is 1. The fraction of sp³-hybridized carbons (Fsp3) is 0.364. The molecule has 1 rings (SSSR count). The quantitative estimate of drug-likeness (QED) is 0.736. The third-order valence-electron chi connectivity index (χ3n) is 2.29. The van der Waals surface area contributed by atoms with E-state index in [4.69, 9.17) is 5.11 Å². The first kappa shape index (κ1) is 14.5. The number of esters is 1. The molecule has 0 unspecified atom stereocenters. The van der Waals surface area contributed by atoms with Gasteiger partial charge in [-0.25, -0.2) is 13.2 Å². The number of carbonyl (C=O) groups is 1. The van der Waals surface area contributed by atoms with E-state index in [9.17, 15) is 13.2 Å². The van der Waals surface area contributed by atoms with E-state index in [0.717, 1.165) is 6.26 Å². The molecule has 0 aliphatic heterocycles. The number of rotatable bonds is 5. The first-order valence-corrected chi connectivity index (χ1v) is 7.03. The second-order valence-corrected chi connectivity index (χ2v) is 5.71. The van der Waals surface area contributed by atoms with Crippen molar-refractivity contribution in [2.75, 3.05) is 25.3 Å². The molecular weight excluding hydrogens is 258 g/mol. The van der Waals surface area contributed by atoms with Gasteiger partial charge in [0.25, 0.3) is 0 Å². The molecule has 6 nitrogen and oxygen atoms in total. The maximum absolute atomic E-state index is 11.2. The molecular formula is C11H15NO5S. The van der Waals surface area contributed by atoms with E-state index in [1.165, 1.54) is 31.4 Å². The smallest absolute Gasteiger partial charge is 0.330 e. The number of hydrogen-bond acceptors (Lipinski definition) is 6. The SMILES string of the molecule is COC(=O)[C@H](CO)Nc1ccc(S(C)(=O)=O)cc1. The highest BCUT2D eigenvalue weighted by Crippen LogP contribution is 2.14. The summed E-state index contributed by atoms with van der Waals surface area (Å²) in [5, 5.41) is 11.8. The van der Waals surface area contributed by atoms with Crippen LogP contribution >= 0.6 is 0 Å². The second kappa shape index (κ2) is 5.83. The van der Waals surface area contributed by atoms with Gasteiger partial charge in [-0.05, 0) is 24.3 Å². The van der Waals surface area contributed by atoms with Crippen LogP contribution in [0.15, 0.2) is 29.2 Å². The fourth-order valence-electron chi connectivity index (χ4n) is 1.32. The van der Waals surface area contributed by atoms with Crippen LogP contribution in [0.25, 0.3) is 0 Å². The molecule has 1 aromatic rings. The topological polar surface area (TPSA) is 92.7 Å². The number of anilines is 1. The zero-order valence-electron chi connectivity index (χ0n) is 10.1. The first-order chi connectivity index (χ1) is 8.38. The molecule has 0 bridgehead atoms. The Morgan fingerprint density at radius 3 is 2.33 bits per heavy atom. The predicted octanol–water partition coefficient (Wildman–Crippen LogP) is 0.0359. The highest BCUT2D eigenvalue weighted by atomic mass is 32.2. The maximum Gasteiger partial charge on any atom is 0.330 e. The van der Waals surface area contributed by atoms with Crippen molar-refractivity contribution in [1.29, 1.82) is 0 Å². The van der Waals surface area contributed by atoms with Crippen LogP contribution in [-0.2, 0) is 19.4 Å². The van der Waals surface area contributed by atoms with E-state index >= 15 is 0 Å². The summed E-state index contributed by atoms with van der Waals surface area (Å²) in [5.74, 6) is -0.593. The lowest BCUT2D eigenvalue weighted by Crippen LogP contribution is -2.34. The van der Waals surface area contributed by atoms with Crippen LogP contribution in [-0.4, -0.2) is 45.5 Å². The fourth-order valence-corrected chi connectivity index (χ4v) is 1.95. The molecule has 0 amide bonds. The van der Waals surface area contributed by atoms with Crippen LogP contribution in [0.3, 0.4) is 0 Å². The van der Waals surface area contributed by atoms with Crippen LogP contribution in [0.4, 0.5) is 5.69 Å². The largest absolute Gasteiger partial charge is 0.467 e.